The van der Waals surface area contributed by atoms with Crippen molar-refractivity contribution in [2.45, 2.75) is 17.1 Å². The van der Waals surface area contributed by atoms with Gasteiger partial charge in [0.1, 0.15) is 23.4 Å². The van der Waals surface area contributed by atoms with E-state index >= 15 is 0 Å². The maximum atomic E-state index is 5.91. The van der Waals surface area contributed by atoms with E-state index in [1.807, 2.05) is 14.0 Å². The van der Waals surface area contributed by atoms with Crippen molar-refractivity contribution in [2.75, 3.05) is 12.3 Å². The third kappa shape index (κ3) is 2.47. The smallest absolute Gasteiger partial charge is 0.241 e. The molecule has 0 unspecified atom stereocenters. The van der Waals surface area contributed by atoms with Gasteiger partial charge in [-0.05, 0) is 18.7 Å². The Kier molecular flexibility index (Phi) is 3.43. The van der Waals surface area contributed by atoms with Gasteiger partial charge in [-0.15, -0.1) is 10.2 Å². The van der Waals surface area contributed by atoms with E-state index in [-0.39, 0.29) is 0 Å². The summed E-state index contributed by atoms with van der Waals surface area (Å²) in [5.41, 5.74) is 6.33. The molecule has 8 heteroatoms. The first-order chi connectivity index (χ1) is 8.22. The molecule has 0 saturated carbocycles. The molecule has 0 aliphatic rings. The molecule has 0 radical (unpaired) electrons. The van der Waals surface area contributed by atoms with Crippen LogP contribution in [0.5, 0.6) is 5.88 Å². The van der Waals surface area contributed by atoms with Gasteiger partial charge in [-0.25, -0.2) is 4.98 Å². The highest BCUT2D eigenvalue weighted by atomic mass is 32.2. The molecule has 0 atom stereocenters. The number of nitrogen functional groups attached to an aromatic ring is 1. The summed E-state index contributed by atoms with van der Waals surface area (Å²) in [4.78, 5) is 8.07. The second-order valence-electron chi connectivity index (χ2n) is 3.16. The molecule has 2 rings (SSSR count). The van der Waals surface area contributed by atoms with Crippen molar-refractivity contribution < 1.29 is 4.74 Å². The number of hydrogen-bond acceptors (Lipinski definition) is 7. The Morgan fingerprint density at radius 1 is 1.47 bits per heavy atom. The first-order valence-corrected chi connectivity index (χ1v) is 5.79. The van der Waals surface area contributed by atoms with Gasteiger partial charge in [-0.2, -0.15) is 4.98 Å². The van der Waals surface area contributed by atoms with Gasteiger partial charge >= 0.3 is 0 Å². The fraction of sp³-hybridized carbons (Fsp3) is 0.333. The van der Waals surface area contributed by atoms with Crippen molar-refractivity contribution in [1.29, 1.82) is 0 Å². The predicted octanol–water partition coefficient (Wildman–Crippen LogP) is 0.737. The van der Waals surface area contributed by atoms with E-state index in [0.717, 1.165) is 0 Å². The first-order valence-electron chi connectivity index (χ1n) is 4.97. The van der Waals surface area contributed by atoms with E-state index in [1.165, 1.54) is 18.1 Å². The highest BCUT2D eigenvalue weighted by molar-refractivity contribution is 7.99. The third-order valence-corrected chi connectivity index (χ3v) is 3.02. The molecular formula is C9H12N6OS. The van der Waals surface area contributed by atoms with Gasteiger partial charge in [0, 0.05) is 7.05 Å². The Hall–Kier alpha value is -1.83. The Labute approximate surface area is 102 Å². The highest BCUT2D eigenvalue weighted by Crippen LogP contribution is 2.32. The average Bonchev–Trinajstić information content (AvgIpc) is 2.70. The molecule has 0 aliphatic carbocycles. The molecule has 17 heavy (non-hydrogen) atoms. The van der Waals surface area contributed by atoms with Crippen molar-refractivity contribution in [2.24, 2.45) is 7.05 Å². The van der Waals surface area contributed by atoms with Crippen molar-refractivity contribution in [1.82, 2.24) is 24.7 Å². The molecule has 0 spiro atoms. The summed E-state index contributed by atoms with van der Waals surface area (Å²) in [6.45, 7) is 2.38. The first kappa shape index (κ1) is 11.6. The summed E-state index contributed by atoms with van der Waals surface area (Å²) in [5.74, 6) is 0.396. The summed E-state index contributed by atoms with van der Waals surface area (Å²) in [6, 6.07) is 0. The molecule has 2 heterocycles. The molecule has 0 aromatic carbocycles. The van der Waals surface area contributed by atoms with Crippen LogP contribution in [0.4, 0.5) is 5.69 Å². The minimum absolute atomic E-state index is 0.396. The van der Waals surface area contributed by atoms with Crippen LogP contribution < -0.4 is 10.5 Å². The zero-order chi connectivity index (χ0) is 12.3. The van der Waals surface area contributed by atoms with Crippen molar-refractivity contribution in [3.05, 3.63) is 12.7 Å². The summed E-state index contributed by atoms with van der Waals surface area (Å²) in [7, 11) is 1.85. The zero-order valence-electron chi connectivity index (χ0n) is 9.49. The second-order valence-corrected chi connectivity index (χ2v) is 4.11. The monoisotopic (exact) mass is 252 g/mol. The second kappa shape index (κ2) is 5.00. The minimum Gasteiger partial charge on any atom is -0.476 e. The summed E-state index contributed by atoms with van der Waals surface area (Å²) in [6.07, 6.45) is 3.03. The molecule has 0 fully saturated rings. The van der Waals surface area contributed by atoms with Gasteiger partial charge < -0.3 is 15.0 Å². The Bertz CT molecular complexity index is 514. The van der Waals surface area contributed by atoms with Gasteiger partial charge in [0.2, 0.25) is 5.88 Å². The quantitative estimate of drug-likeness (QED) is 0.802. The molecule has 90 valence electrons. The molecule has 0 aliphatic heterocycles. The fourth-order valence-electron chi connectivity index (χ4n) is 1.15. The lowest BCUT2D eigenvalue weighted by molar-refractivity contribution is 0.327. The standard InChI is InChI=1S/C9H12N6OS/c1-3-16-7-6(10)8(12-4-11-7)17-9-14-13-5-15(9)2/h4-5H,3,10H2,1-2H3. The molecule has 7 nitrogen and oxygen atoms in total. The van der Waals surface area contributed by atoms with Gasteiger partial charge in [0.25, 0.3) is 0 Å². The maximum absolute atomic E-state index is 5.91. The van der Waals surface area contributed by atoms with Gasteiger partial charge in [-0.1, -0.05) is 0 Å². The van der Waals surface area contributed by atoms with Gasteiger partial charge in [-0.3, -0.25) is 0 Å². The molecule has 2 N–H and O–H groups in total. The highest BCUT2D eigenvalue weighted by Gasteiger charge is 2.12. The van der Waals surface area contributed by atoms with Crippen LogP contribution in [0.1, 0.15) is 6.92 Å². The van der Waals surface area contributed by atoms with E-state index < -0.39 is 0 Å². The maximum Gasteiger partial charge on any atom is 0.241 e. The van der Waals surface area contributed by atoms with E-state index in [9.17, 15) is 0 Å². The number of anilines is 1. The van der Waals surface area contributed by atoms with Crippen LogP contribution in [0.3, 0.4) is 0 Å². The number of hydrogen-bond donors (Lipinski definition) is 1. The molecular weight excluding hydrogens is 240 g/mol. The number of aromatic nitrogens is 5. The van der Waals surface area contributed by atoms with Crippen LogP contribution in [0.25, 0.3) is 0 Å². The van der Waals surface area contributed by atoms with E-state index in [2.05, 4.69) is 20.2 Å². The molecule has 0 saturated heterocycles. The SMILES string of the molecule is CCOc1ncnc(Sc2nncn2C)c1N. The summed E-state index contributed by atoms with van der Waals surface area (Å²) >= 11 is 1.32. The lowest BCUT2D eigenvalue weighted by atomic mass is 10.5. The number of ether oxygens (including phenoxy) is 1. The number of nitrogens with two attached hydrogens (primary N) is 1. The van der Waals surface area contributed by atoms with Crippen LogP contribution >= 0.6 is 11.8 Å². The minimum atomic E-state index is 0.396. The Morgan fingerprint density at radius 3 is 2.94 bits per heavy atom. The van der Waals surface area contributed by atoms with Crippen molar-refractivity contribution in [3.8, 4) is 5.88 Å². The fourth-order valence-corrected chi connectivity index (χ4v) is 1.90. The largest absolute Gasteiger partial charge is 0.476 e. The van der Waals surface area contributed by atoms with Crippen molar-refractivity contribution in [3.63, 3.8) is 0 Å². The van der Waals surface area contributed by atoms with E-state index in [4.69, 9.17) is 10.5 Å². The number of rotatable bonds is 4. The molecule has 0 bridgehead atoms. The zero-order valence-corrected chi connectivity index (χ0v) is 10.3. The predicted molar refractivity (Wildman–Crippen MR) is 62.7 cm³/mol. The van der Waals surface area contributed by atoms with Gasteiger partial charge in [0.05, 0.1) is 6.61 Å². The normalized spacial score (nSPS) is 10.5. The summed E-state index contributed by atoms with van der Waals surface area (Å²) in [5, 5.41) is 9.05. The topological polar surface area (TPSA) is 91.7 Å². The van der Waals surface area contributed by atoms with E-state index in [1.54, 1.807) is 10.9 Å². The number of nitrogens with zero attached hydrogens (tertiary/aromatic N) is 5. The summed E-state index contributed by atoms with van der Waals surface area (Å²) < 4.78 is 7.08. The lowest BCUT2D eigenvalue weighted by Crippen LogP contribution is -2.02. The Balaban J connectivity index is 2.27. The van der Waals surface area contributed by atoms with Crippen LogP contribution in [0.15, 0.2) is 22.8 Å². The number of aryl methyl sites for hydroxylation is 1. The van der Waals surface area contributed by atoms with Crippen molar-refractivity contribution >= 4 is 17.4 Å². The van der Waals surface area contributed by atoms with Crippen LogP contribution in [-0.2, 0) is 7.05 Å². The average molecular weight is 252 g/mol. The Morgan fingerprint density at radius 2 is 2.29 bits per heavy atom. The van der Waals surface area contributed by atoms with Gasteiger partial charge in [0.15, 0.2) is 5.16 Å². The van der Waals surface area contributed by atoms with Crippen LogP contribution in [0.2, 0.25) is 0 Å². The lowest BCUT2D eigenvalue weighted by Gasteiger charge is -2.07. The van der Waals surface area contributed by atoms with E-state index in [0.29, 0.717) is 28.4 Å². The molecule has 0 amide bonds. The molecule has 2 aromatic rings. The third-order valence-electron chi connectivity index (χ3n) is 1.95. The molecule has 2 aromatic heterocycles. The van der Waals surface area contributed by atoms with Crippen LogP contribution in [0, 0.1) is 0 Å². The van der Waals surface area contributed by atoms with Crippen LogP contribution in [-0.4, -0.2) is 31.3 Å².